The number of hydrogen-bond acceptors (Lipinski definition) is 6. The first-order valence-electron chi connectivity index (χ1n) is 10.0. The van der Waals surface area contributed by atoms with Crippen LogP contribution in [-0.2, 0) is 4.79 Å². The molecule has 0 atom stereocenters. The summed E-state index contributed by atoms with van der Waals surface area (Å²) in [7, 11) is 0. The van der Waals surface area contributed by atoms with E-state index < -0.39 is 10.9 Å². The monoisotopic (exact) mass is 441 g/mol. The van der Waals surface area contributed by atoms with Gasteiger partial charge in [0.25, 0.3) is 11.6 Å². The molecule has 1 heterocycles. The number of rotatable bonds is 7. The molecular formula is C22H23N3O7. The molecule has 0 saturated carbocycles. The van der Waals surface area contributed by atoms with Gasteiger partial charge in [0.2, 0.25) is 5.91 Å². The minimum Gasteiger partial charge on any atom is -0.493 e. The molecule has 2 amide bonds. The average molecular weight is 441 g/mol. The Labute approximate surface area is 184 Å². The molecule has 10 heteroatoms. The van der Waals surface area contributed by atoms with Gasteiger partial charge in [-0.15, -0.1) is 0 Å². The fourth-order valence-corrected chi connectivity index (χ4v) is 3.52. The van der Waals surface area contributed by atoms with Crippen LogP contribution in [0.25, 0.3) is 0 Å². The summed E-state index contributed by atoms with van der Waals surface area (Å²) >= 11 is 0. The van der Waals surface area contributed by atoms with E-state index in [2.05, 4.69) is 0 Å². The van der Waals surface area contributed by atoms with Crippen molar-refractivity contribution in [3.63, 3.8) is 0 Å². The Morgan fingerprint density at radius 1 is 1.03 bits per heavy atom. The van der Waals surface area contributed by atoms with Gasteiger partial charge in [-0.3, -0.25) is 19.7 Å². The molecule has 0 spiro atoms. The lowest BCUT2D eigenvalue weighted by Crippen LogP contribution is -2.51. The van der Waals surface area contributed by atoms with Crippen molar-refractivity contribution in [2.45, 2.75) is 13.3 Å². The molecule has 168 valence electrons. The lowest BCUT2D eigenvalue weighted by Gasteiger charge is -2.35. The molecule has 1 aliphatic rings. The van der Waals surface area contributed by atoms with Gasteiger partial charge in [0.15, 0.2) is 0 Å². The van der Waals surface area contributed by atoms with Gasteiger partial charge >= 0.3 is 5.97 Å². The van der Waals surface area contributed by atoms with Crippen LogP contribution in [0.2, 0.25) is 0 Å². The summed E-state index contributed by atoms with van der Waals surface area (Å²) in [6.07, 6.45) is 0.131. The number of nitro benzene ring substituents is 1. The third-order valence-corrected chi connectivity index (χ3v) is 5.26. The molecule has 1 fully saturated rings. The van der Waals surface area contributed by atoms with Gasteiger partial charge in [-0.2, -0.15) is 0 Å². The predicted molar refractivity (Wildman–Crippen MR) is 114 cm³/mol. The molecule has 2 aromatic rings. The molecule has 1 saturated heterocycles. The normalized spacial score (nSPS) is 13.5. The van der Waals surface area contributed by atoms with Crippen LogP contribution in [0.1, 0.15) is 32.7 Å². The third-order valence-electron chi connectivity index (χ3n) is 5.26. The number of hydrogen-bond donors (Lipinski definition) is 1. The molecule has 0 aliphatic carbocycles. The van der Waals surface area contributed by atoms with Crippen molar-refractivity contribution in [3.8, 4) is 5.75 Å². The van der Waals surface area contributed by atoms with Crippen LogP contribution in [0.5, 0.6) is 5.75 Å². The number of aryl methyl sites for hydroxylation is 1. The number of nitrogens with zero attached hydrogens (tertiary/aromatic N) is 3. The minimum atomic E-state index is -1.16. The number of aromatic carboxylic acids is 1. The van der Waals surface area contributed by atoms with Crippen molar-refractivity contribution >= 4 is 23.5 Å². The Morgan fingerprint density at radius 2 is 1.66 bits per heavy atom. The number of amides is 2. The highest BCUT2D eigenvalue weighted by Crippen LogP contribution is 2.23. The number of carboxylic acid groups (broad SMARTS) is 1. The Kier molecular flexibility index (Phi) is 7.04. The molecule has 2 aromatic carbocycles. The molecule has 0 radical (unpaired) electrons. The third kappa shape index (κ3) is 5.20. The maximum atomic E-state index is 12.7. The summed E-state index contributed by atoms with van der Waals surface area (Å²) < 4.78 is 5.55. The van der Waals surface area contributed by atoms with Gasteiger partial charge in [0, 0.05) is 37.8 Å². The van der Waals surface area contributed by atoms with E-state index in [0.29, 0.717) is 37.5 Å². The second-order valence-electron chi connectivity index (χ2n) is 7.33. The minimum absolute atomic E-state index is 0.00632. The van der Waals surface area contributed by atoms with E-state index in [0.717, 1.165) is 0 Å². The van der Waals surface area contributed by atoms with Gasteiger partial charge in [-0.25, -0.2) is 4.79 Å². The largest absolute Gasteiger partial charge is 0.493 e. The van der Waals surface area contributed by atoms with Gasteiger partial charge in [0.1, 0.15) is 5.75 Å². The van der Waals surface area contributed by atoms with Crippen molar-refractivity contribution in [3.05, 3.63) is 69.3 Å². The summed E-state index contributed by atoms with van der Waals surface area (Å²) in [6, 6.07) is 10.5. The highest BCUT2D eigenvalue weighted by atomic mass is 16.6. The zero-order valence-corrected chi connectivity index (χ0v) is 17.5. The smallest absolute Gasteiger partial charge is 0.336 e. The van der Waals surface area contributed by atoms with E-state index in [1.54, 1.807) is 34.9 Å². The molecule has 1 aliphatic heterocycles. The number of benzene rings is 2. The number of carbonyl (C=O) groups is 3. The quantitative estimate of drug-likeness (QED) is 0.515. The number of piperazine rings is 1. The average Bonchev–Trinajstić information content (AvgIpc) is 2.78. The zero-order valence-electron chi connectivity index (χ0n) is 17.5. The Morgan fingerprint density at radius 3 is 2.25 bits per heavy atom. The maximum absolute atomic E-state index is 12.7. The Hall–Kier alpha value is -3.95. The zero-order chi connectivity index (χ0) is 23.3. The number of nitro groups is 1. The molecule has 0 unspecified atom stereocenters. The van der Waals surface area contributed by atoms with Crippen molar-refractivity contribution < 1.29 is 29.2 Å². The lowest BCUT2D eigenvalue weighted by atomic mass is 10.1. The highest BCUT2D eigenvalue weighted by Gasteiger charge is 2.27. The summed E-state index contributed by atoms with van der Waals surface area (Å²) in [5, 5.41) is 20.1. The molecule has 0 aromatic heterocycles. The summed E-state index contributed by atoms with van der Waals surface area (Å²) in [5.74, 6) is -1.20. The first kappa shape index (κ1) is 22.7. The lowest BCUT2D eigenvalue weighted by molar-refractivity contribution is -0.385. The summed E-state index contributed by atoms with van der Waals surface area (Å²) in [4.78, 5) is 50.1. The number of carboxylic acids is 1. The molecule has 3 rings (SSSR count). The van der Waals surface area contributed by atoms with Crippen LogP contribution in [0, 0.1) is 17.0 Å². The van der Waals surface area contributed by atoms with Crippen LogP contribution in [0.15, 0.2) is 42.5 Å². The molecular weight excluding hydrogens is 418 g/mol. The van der Waals surface area contributed by atoms with Crippen LogP contribution >= 0.6 is 0 Å². The van der Waals surface area contributed by atoms with Gasteiger partial charge in [-0.05, 0) is 31.2 Å². The van der Waals surface area contributed by atoms with Crippen LogP contribution in [0.3, 0.4) is 0 Å². The summed E-state index contributed by atoms with van der Waals surface area (Å²) in [5.41, 5.74) is 0.567. The van der Waals surface area contributed by atoms with Gasteiger partial charge in [0.05, 0.1) is 29.1 Å². The standard InChI is InChI=1S/C22H23N3O7/c1-15-14-16(6-7-19(15)25(30)31)32-13-8-20(26)23-9-11-24(12-10-23)21(27)17-4-2-3-5-18(17)22(28)29/h2-7,14H,8-13H2,1H3,(H,28,29). The Bertz CT molecular complexity index is 1050. The van der Waals surface area contributed by atoms with E-state index in [1.165, 1.54) is 24.3 Å². The van der Waals surface area contributed by atoms with Gasteiger partial charge in [-0.1, -0.05) is 12.1 Å². The first-order chi connectivity index (χ1) is 15.3. The number of ether oxygens (including phenoxy) is 1. The van der Waals surface area contributed by atoms with E-state index in [1.807, 2.05) is 0 Å². The van der Waals surface area contributed by atoms with Crippen molar-refractivity contribution in [1.82, 2.24) is 9.80 Å². The molecule has 10 nitrogen and oxygen atoms in total. The van der Waals surface area contributed by atoms with E-state index in [4.69, 9.17) is 4.74 Å². The van der Waals surface area contributed by atoms with Crippen LogP contribution in [-0.4, -0.2) is 70.4 Å². The van der Waals surface area contributed by atoms with Crippen LogP contribution in [0.4, 0.5) is 5.69 Å². The maximum Gasteiger partial charge on any atom is 0.336 e. The first-order valence-corrected chi connectivity index (χ1v) is 10.0. The topological polar surface area (TPSA) is 130 Å². The van der Waals surface area contributed by atoms with E-state index in [-0.39, 0.29) is 41.7 Å². The van der Waals surface area contributed by atoms with Crippen LogP contribution < -0.4 is 4.74 Å². The highest BCUT2D eigenvalue weighted by molar-refractivity contribution is 6.04. The number of carbonyl (C=O) groups excluding carboxylic acids is 2. The molecule has 1 N–H and O–H groups in total. The fourth-order valence-electron chi connectivity index (χ4n) is 3.52. The van der Waals surface area contributed by atoms with Gasteiger partial charge < -0.3 is 19.6 Å². The van der Waals surface area contributed by atoms with Crippen molar-refractivity contribution in [2.75, 3.05) is 32.8 Å². The molecule has 0 bridgehead atoms. The molecule has 32 heavy (non-hydrogen) atoms. The SMILES string of the molecule is Cc1cc(OCCC(=O)N2CCN(C(=O)c3ccccc3C(=O)O)CC2)ccc1[N+](=O)[O-]. The van der Waals surface area contributed by atoms with Crippen molar-refractivity contribution in [2.24, 2.45) is 0 Å². The van der Waals surface area contributed by atoms with Crippen molar-refractivity contribution in [1.29, 1.82) is 0 Å². The predicted octanol–water partition coefficient (Wildman–Crippen LogP) is 2.35. The van der Waals surface area contributed by atoms with E-state index >= 15 is 0 Å². The summed E-state index contributed by atoms with van der Waals surface area (Å²) in [6.45, 7) is 3.04. The fraction of sp³-hybridized carbons (Fsp3) is 0.318. The second-order valence-corrected chi connectivity index (χ2v) is 7.33. The Balaban J connectivity index is 1.48. The second kappa shape index (κ2) is 9.90. The van der Waals surface area contributed by atoms with E-state index in [9.17, 15) is 29.6 Å².